The Kier molecular flexibility index (Phi) is 3.28. The van der Waals surface area contributed by atoms with Crippen LogP contribution in [0.2, 0.25) is 0 Å². The van der Waals surface area contributed by atoms with E-state index in [2.05, 4.69) is 5.32 Å². The zero-order valence-electron chi connectivity index (χ0n) is 13.5. The highest BCUT2D eigenvalue weighted by Gasteiger charge is 2.44. The van der Waals surface area contributed by atoms with E-state index < -0.39 is 17.2 Å². The molecule has 6 nitrogen and oxygen atoms in total. The Balaban J connectivity index is 2.11. The van der Waals surface area contributed by atoms with Crippen molar-refractivity contribution in [2.24, 2.45) is 0 Å². The lowest BCUT2D eigenvalue weighted by molar-refractivity contribution is -0.130. The van der Waals surface area contributed by atoms with Crippen LogP contribution in [0.3, 0.4) is 0 Å². The van der Waals surface area contributed by atoms with E-state index in [0.717, 1.165) is 21.4 Å². The zero-order chi connectivity index (χ0) is 16.9. The Morgan fingerprint density at radius 2 is 1.87 bits per heavy atom. The molecule has 3 amide bonds. The molecule has 1 aliphatic rings. The molecule has 0 unspecified atom stereocenters. The lowest BCUT2D eigenvalue weighted by Crippen LogP contribution is -2.40. The maximum Gasteiger partial charge on any atom is 0.336 e. The van der Waals surface area contributed by atoms with E-state index in [4.69, 9.17) is 4.42 Å². The topological polar surface area (TPSA) is 79.6 Å². The minimum Gasteiger partial charge on any atom is -0.422 e. The first-order valence-corrected chi connectivity index (χ1v) is 7.38. The van der Waals surface area contributed by atoms with Crippen LogP contribution in [-0.4, -0.2) is 22.4 Å². The van der Waals surface area contributed by atoms with Gasteiger partial charge in [-0.1, -0.05) is 12.1 Å². The van der Waals surface area contributed by atoms with Gasteiger partial charge in [-0.05, 0) is 44.4 Å². The molecule has 23 heavy (non-hydrogen) atoms. The molecule has 3 rings (SSSR count). The van der Waals surface area contributed by atoms with Gasteiger partial charge >= 0.3 is 11.7 Å². The number of rotatable bonds is 2. The average molecular weight is 314 g/mol. The van der Waals surface area contributed by atoms with Gasteiger partial charge in [0.1, 0.15) is 11.1 Å². The Labute approximate surface area is 133 Å². The van der Waals surface area contributed by atoms with E-state index in [1.54, 1.807) is 13.8 Å². The van der Waals surface area contributed by atoms with Gasteiger partial charge in [-0.15, -0.1) is 0 Å². The molecule has 1 aromatic carbocycles. The predicted molar refractivity (Wildman–Crippen MR) is 85.1 cm³/mol. The molecular formula is C17H18N2O4. The summed E-state index contributed by atoms with van der Waals surface area (Å²) in [5.74, 6) is -0.312. The molecule has 6 heteroatoms. The van der Waals surface area contributed by atoms with Crippen LogP contribution in [0.4, 0.5) is 4.79 Å². The van der Waals surface area contributed by atoms with Gasteiger partial charge in [0, 0.05) is 11.5 Å². The second-order valence-corrected chi connectivity index (χ2v) is 6.42. The fourth-order valence-electron chi connectivity index (χ4n) is 2.79. The summed E-state index contributed by atoms with van der Waals surface area (Å²) in [5.41, 5.74) is 1.55. The number of fused-ring (bicyclic) bond motifs is 1. The van der Waals surface area contributed by atoms with Gasteiger partial charge in [-0.25, -0.2) is 9.59 Å². The normalized spacial score (nSPS) is 17.0. The van der Waals surface area contributed by atoms with Crippen LogP contribution in [0.1, 0.15) is 30.5 Å². The largest absolute Gasteiger partial charge is 0.422 e. The van der Waals surface area contributed by atoms with E-state index in [1.807, 2.05) is 26.0 Å². The van der Waals surface area contributed by atoms with Crippen LogP contribution in [0.25, 0.3) is 11.0 Å². The third-order valence-electron chi connectivity index (χ3n) is 4.29. The molecule has 0 spiro atoms. The summed E-state index contributed by atoms with van der Waals surface area (Å²) in [5, 5.41) is 3.37. The second-order valence-electron chi connectivity index (χ2n) is 6.42. The molecule has 0 atom stereocenters. The maximum atomic E-state index is 12.3. The molecule has 1 saturated heterocycles. The molecule has 120 valence electrons. The molecule has 0 aliphatic carbocycles. The van der Waals surface area contributed by atoms with Gasteiger partial charge in [0.05, 0.1) is 6.54 Å². The minimum atomic E-state index is -0.932. The van der Waals surface area contributed by atoms with Crippen molar-refractivity contribution >= 4 is 22.9 Å². The third-order valence-corrected chi connectivity index (χ3v) is 4.29. The summed E-state index contributed by atoms with van der Waals surface area (Å²) in [6.45, 7) is 7.15. The van der Waals surface area contributed by atoms with Crippen LogP contribution in [0.15, 0.2) is 27.4 Å². The van der Waals surface area contributed by atoms with E-state index in [-0.39, 0.29) is 12.5 Å². The van der Waals surface area contributed by atoms with Gasteiger partial charge < -0.3 is 9.73 Å². The Morgan fingerprint density at radius 1 is 1.17 bits per heavy atom. The number of benzene rings is 1. The molecule has 1 aromatic heterocycles. The first-order chi connectivity index (χ1) is 10.7. The number of carbonyl (C=O) groups is 2. The van der Waals surface area contributed by atoms with E-state index >= 15 is 0 Å². The van der Waals surface area contributed by atoms with Crippen LogP contribution >= 0.6 is 0 Å². The molecule has 0 saturated carbocycles. The molecule has 2 heterocycles. The molecule has 0 bridgehead atoms. The molecule has 1 fully saturated rings. The number of nitrogens with one attached hydrogen (secondary N) is 1. The summed E-state index contributed by atoms with van der Waals surface area (Å²) in [6.07, 6.45) is 0. The van der Waals surface area contributed by atoms with Gasteiger partial charge in [-0.2, -0.15) is 0 Å². The van der Waals surface area contributed by atoms with Crippen LogP contribution in [-0.2, 0) is 11.3 Å². The monoisotopic (exact) mass is 314 g/mol. The van der Waals surface area contributed by atoms with Crippen LogP contribution in [0.5, 0.6) is 0 Å². The first-order valence-electron chi connectivity index (χ1n) is 7.38. The molecule has 1 aliphatic heterocycles. The second kappa shape index (κ2) is 4.94. The lowest BCUT2D eigenvalue weighted by atomic mass is 10.0. The average Bonchev–Trinajstić information content (AvgIpc) is 2.65. The number of carbonyl (C=O) groups excluding carboxylic acids is 2. The van der Waals surface area contributed by atoms with Crippen molar-refractivity contribution in [3.05, 3.63) is 45.3 Å². The Hall–Kier alpha value is -2.63. The quantitative estimate of drug-likeness (QED) is 0.681. The van der Waals surface area contributed by atoms with E-state index in [9.17, 15) is 14.4 Å². The fraction of sp³-hybridized carbons (Fsp3) is 0.353. The zero-order valence-corrected chi connectivity index (χ0v) is 13.5. The van der Waals surface area contributed by atoms with Gasteiger partial charge in [0.15, 0.2) is 0 Å². The summed E-state index contributed by atoms with van der Waals surface area (Å²) in [4.78, 5) is 37.4. The number of aryl methyl sites for hydroxylation is 2. The first kappa shape index (κ1) is 15.3. The molecule has 2 aromatic rings. The van der Waals surface area contributed by atoms with Crippen molar-refractivity contribution in [3.63, 3.8) is 0 Å². The van der Waals surface area contributed by atoms with E-state index in [0.29, 0.717) is 11.1 Å². The van der Waals surface area contributed by atoms with Crippen molar-refractivity contribution < 1.29 is 14.0 Å². The third kappa shape index (κ3) is 2.40. The lowest BCUT2D eigenvalue weighted by Gasteiger charge is -2.17. The standard InChI is InChI=1S/C17H18N2O4/c1-9-5-6-12-11(7-13(20)23-14(12)10(9)2)8-19-15(21)17(3,4)18-16(19)22/h5-7H,8H2,1-4H3,(H,18,22). The smallest absolute Gasteiger partial charge is 0.336 e. The summed E-state index contributed by atoms with van der Waals surface area (Å²) in [6, 6.07) is 4.66. The van der Waals surface area contributed by atoms with Crippen molar-refractivity contribution in [2.45, 2.75) is 39.8 Å². The predicted octanol–water partition coefficient (Wildman–Crippen LogP) is 2.24. The maximum absolute atomic E-state index is 12.3. The summed E-state index contributed by atoms with van der Waals surface area (Å²) in [7, 11) is 0. The minimum absolute atomic E-state index is 0.0404. The van der Waals surface area contributed by atoms with Crippen LogP contribution < -0.4 is 10.9 Å². The molecule has 1 N–H and O–H groups in total. The highest BCUT2D eigenvalue weighted by molar-refractivity contribution is 6.06. The molecular weight excluding hydrogens is 296 g/mol. The highest BCUT2D eigenvalue weighted by Crippen LogP contribution is 2.26. The molecule has 0 radical (unpaired) electrons. The van der Waals surface area contributed by atoms with E-state index in [1.165, 1.54) is 6.07 Å². The summed E-state index contributed by atoms with van der Waals surface area (Å²) < 4.78 is 5.31. The highest BCUT2D eigenvalue weighted by atomic mass is 16.4. The number of imide groups is 1. The number of hydrogen-bond acceptors (Lipinski definition) is 4. The van der Waals surface area contributed by atoms with Gasteiger partial charge in [0.2, 0.25) is 0 Å². The SMILES string of the molecule is Cc1ccc2c(CN3C(=O)NC(C)(C)C3=O)cc(=O)oc2c1C. The fourth-order valence-corrected chi connectivity index (χ4v) is 2.79. The Morgan fingerprint density at radius 3 is 2.48 bits per heavy atom. The summed E-state index contributed by atoms with van der Waals surface area (Å²) >= 11 is 0. The van der Waals surface area contributed by atoms with Crippen LogP contribution in [0, 0.1) is 13.8 Å². The van der Waals surface area contributed by atoms with Crippen molar-refractivity contribution in [1.29, 1.82) is 0 Å². The number of nitrogens with zero attached hydrogens (tertiary/aromatic N) is 1. The Bertz CT molecular complexity index is 895. The number of amides is 3. The van der Waals surface area contributed by atoms with Crippen molar-refractivity contribution in [3.8, 4) is 0 Å². The number of hydrogen-bond donors (Lipinski definition) is 1. The van der Waals surface area contributed by atoms with Crippen molar-refractivity contribution in [1.82, 2.24) is 10.2 Å². The van der Waals surface area contributed by atoms with Gasteiger partial charge in [0.25, 0.3) is 5.91 Å². The number of urea groups is 1. The van der Waals surface area contributed by atoms with Gasteiger partial charge in [-0.3, -0.25) is 9.69 Å². The van der Waals surface area contributed by atoms with Crippen molar-refractivity contribution in [2.75, 3.05) is 0 Å².